The van der Waals surface area contributed by atoms with Crippen molar-refractivity contribution in [1.82, 2.24) is 15.0 Å². The number of anilines is 3. The van der Waals surface area contributed by atoms with E-state index in [1.165, 1.54) is 43.9 Å². The molecule has 0 amide bonds. The predicted molar refractivity (Wildman–Crippen MR) is 128 cm³/mol. The molecule has 9 heteroatoms. The first-order valence-electron chi connectivity index (χ1n) is 10.8. The Balaban J connectivity index is 0.000000968. The molecule has 1 aliphatic carbocycles. The third-order valence-corrected chi connectivity index (χ3v) is 5.59. The van der Waals surface area contributed by atoms with Gasteiger partial charge in [0.2, 0.25) is 0 Å². The van der Waals surface area contributed by atoms with E-state index in [-0.39, 0.29) is 5.69 Å². The predicted octanol–water partition coefficient (Wildman–Crippen LogP) is 4.78. The average molecular weight is 463 g/mol. The van der Waals surface area contributed by atoms with Gasteiger partial charge in [-0.05, 0) is 31.2 Å². The normalized spacial score (nSPS) is 13.2. The van der Waals surface area contributed by atoms with Crippen LogP contribution in [-0.2, 0) is 11.6 Å². The van der Waals surface area contributed by atoms with Gasteiger partial charge in [-0.3, -0.25) is 0 Å². The summed E-state index contributed by atoms with van der Waals surface area (Å²) in [6.07, 6.45) is 11.5. The highest BCUT2D eigenvalue weighted by molar-refractivity contribution is 7.51. The second-order valence-electron chi connectivity index (χ2n) is 7.96. The maximum absolute atomic E-state index is 8.88. The van der Waals surface area contributed by atoms with E-state index >= 15 is 0 Å². The van der Waals surface area contributed by atoms with Crippen molar-refractivity contribution in [2.45, 2.75) is 39.0 Å². The summed E-state index contributed by atoms with van der Waals surface area (Å²) in [6.45, 7) is 3.06. The number of nitrogens with zero attached hydrogens (tertiary/aromatic N) is 4. The smallest absolute Gasteiger partial charge is 0.335 e. The molecule has 170 valence electrons. The Bertz CT molecular complexity index is 1120. The van der Waals surface area contributed by atoms with Crippen molar-refractivity contribution in [1.29, 1.82) is 5.26 Å². The topological polar surface area (TPSA) is 121 Å². The van der Waals surface area contributed by atoms with E-state index in [2.05, 4.69) is 56.8 Å². The molecule has 1 saturated carbocycles. The van der Waals surface area contributed by atoms with Gasteiger partial charge in [-0.25, -0.2) is 15.0 Å². The lowest BCUT2D eigenvalue weighted by Gasteiger charge is -2.23. The van der Waals surface area contributed by atoms with Crippen molar-refractivity contribution >= 4 is 28.9 Å². The van der Waals surface area contributed by atoms with Crippen LogP contribution in [0.2, 0.25) is 0 Å². The van der Waals surface area contributed by atoms with Gasteiger partial charge in [0.15, 0.2) is 5.69 Å². The summed E-state index contributed by atoms with van der Waals surface area (Å²) in [5.74, 6) is 1.97. The molecule has 1 aliphatic rings. The van der Waals surface area contributed by atoms with Crippen molar-refractivity contribution in [3.05, 3.63) is 60.2 Å². The summed E-state index contributed by atoms with van der Waals surface area (Å²) in [5.41, 5.74) is 4.81. The Morgan fingerprint density at radius 3 is 2.33 bits per heavy atom. The Labute approximate surface area is 197 Å². The molecule has 3 aromatic rings. The molecule has 1 fully saturated rings. The lowest BCUT2D eigenvalue weighted by Crippen LogP contribution is -2.17. The summed E-state index contributed by atoms with van der Waals surface area (Å²) in [4.78, 5) is 12.9. The van der Waals surface area contributed by atoms with Gasteiger partial charge in [0.25, 0.3) is 0 Å². The average Bonchev–Trinajstić information content (AvgIpc) is 2.85. The van der Waals surface area contributed by atoms with Gasteiger partial charge in [0.05, 0.1) is 12.4 Å². The van der Waals surface area contributed by atoms with Crippen LogP contribution in [0.25, 0.3) is 11.1 Å². The fourth-order valence-electron chi connectivity index (χ4n) is 3.86. The maximum atomic E-state index is 8.88. The zero-order valence-corrected chi connectivity index (χ0v) is 19.3. The summed E-state index contributed by atoms with van der Waals surface area (Å²) in [6, 6.07) is 12.5. The van der Waals surface area contributed by atoms with Gasteiger partial charge in [-0.15, -0.1) is 0 Å². The number of benzene rings is 1. The molecule has 0 unspecified atom stereocenters. The van der Waals surface area contributed by atoms with Crippen molar-refractivity contribution in [3.8, 4) is 17.2 Å². The molecule has 1 aromatic carbocycles. The minimum Gasteiger partial charge on any atom is -0.384 e. The second-order valence-corrected chi connectivity index (χ2v) is 8.09. The third-order valence-electron chi connectivity index (χ3n) is 5.59. The zero-order valence-electron chi connectivity index (χ0n) is 18.5. The molecular weight excluding hydrogens is 436 g/mol. The molecular formula is C24H26N6O2S. The summed E-state index contributed by atoms with van der Waals surface area (Å²) < 4.78 is 16.6. The highest BCUT2D eigenvalue weighted by atomic mass is 32.1. The van der Waals surface area contributed by atoms with E-state index in [4.69, 9.17) is 13.7 Å². The van der Waals surface area contributed by atoms with Crippen LogP contribution < -0.4 is 10.6 Å². The monoisotopic (exact) mass is 462 g/mol. The number of pyridine rings is 1. The first kappa shape index (κ1) is 24.0. The molecule has 0 spiro atoms. The molecule has 0 saturated heterocycles. The number of aromatic nitrogens is 3. The number of nitriles is 1. The minimum atomic E-state index is -0.750. The molecule has 0 atom stereocenters. The number of nitrogens with one attached hydrogen (secondary N) is 2. The Morgan fingerprint density at radius 2 is 1.70 bits per heavy atom. The zero-order chi connectivity index (χ0) is 23.5. The van der Waals surface area contributed by atoms with Crippen LogP contribution in [0, 0.1) is 24.2 Å². The quantitative estimate of drug-likeness (QED) is 0.537. The fraction of sp³-hybridized carbons (Fsp3) is 0.333. The number of hydrogen-bond donors (Lipinski definition) is 2. The van der Waals surface area contributed by atoms with Crippen molar-refractivity contribution in [3.63, 3.8) is 0 Å². The highest BCUT2D eigenvalue weighted by Gasteiger charge is 2.15. The second kappa shape index (κ2) is 12.4. The Morgan fingerprint density at radius 1 is 1.00 bits per heavy atom. The first-order chi connectivity index (χ1) is 16.1. The molecule has 2 N–H and O–H groups in total. The SMILES string of the molecule is Cc1ccc(-c2cnc(Nc3cnc(C#N)cn3)cc2NCC2CCCCC2)cc1.O=S=O. The van der Waals surface area contributed by atoms with Crippen LogP contribution in [0.3, 0.4) is 0 Å². The van der Waals surface area contributed by atoms with E-state index in [9.17, 15) is 0 Å². The maximum Gasteiger partial charge on any atom is 0.335 e. The number of aryl methyl sites for hydroxylation is 1. The summed E-state index contributed by atoms with van der Waals surface area (Å²) in [5, 5.41) is 15.8. The summed E-state index contributed by atoms with van der Waals surface area (Å²) in [7, 11) is 0. The van der Waals surface area contributed by atoms with Crippen LogP contribution in [0.15, 0.2) is 48.9 Å². The summed E-state index contributed by atoms with van der Waals surface area (Å²) >= 11 is -0.750. The molecule has 33 heavy (non-hydrogen) atoms. The van der Waals surface area contributed by atoms with Crippen molar-refractivity contribution in [2.24, 2.45) is 5.92 Å². The number of hydrogen-bond acceptors (Lipinski definition) is 8. The third kappa shape index (κ3) is 7.19. The molecule has 2 aromatic heterocycles. The molecule has 0 bridgehead atoms. The van der Waals surface area contributed by atoms with Gasteiger partial charge >= 0.3 is 11.6 Å². The van der Waals surface area contributed by atoms with Gasteiger partial charge < -0.3 is 10.6 Å². The van der Waals surface area contributed by atoms with E-state index in [0.717, 1.165) is 29.3 Å². The van der Waals surface area contributed by atoms with Crippen LogP contribution in [0.1, 0.15) is 43.4 Å². The molecule has 4 rings (SSSR count). The standard InChI is InChI=1S/C24H26N6.O2S/c1-17-7-9-19(10-8-17)21-15-29-23(30-24-16-26-20(12-25)14-28-24)11-22(21)27-13-18-5-3-2-4-6-18;1-3-2/h7-11,14-16,18H,2-6,13H2,1H3,(H2,27,28,29,30);. The first-order valence-corrected chi connectivity index (χ1v) is 11.5. The fourth-order valence-corrected chi connectivity index (χ4v) is 3.86. The van der Waals surface area contributed by atoms with Gasteiger partial charge in [0, 0.05) is 30.1 Å². The van der Waals surface area contributed by atoms with E-state index in [1.807, 2.05) is 18.3 Å². The van der Waals surface area contributed by atoms with E-state index in [1.54, 1.807) is 6.20 Å². The van der Waals surface area contributed by atoms with Gasteiger partial charge in [-0.1, -0.05) is 49.1 Å². The number of rotatable bonds is 6. The van der Waals surface area contributed by atoms with Gasteiger partial charge in [0.1, 0.15) is 17.7 Å². The molecule has 0 radical (unpaired) electrons. The van der Waals surface area contributed by atoms with Crippen LogP contribution in [0.5, 0.6) is 0 Å². The molecule has 2 heterocycles. The van der Waals surface area contributed by atoms with Crippen LogP contribution in [0.4, 0.5) is 17.3 Å². The highest BCUT2D eigenvalue weighted by Crippen LogP contribution is 2.31. The van der Waals surface area contributed by atoms with Crippen LogP contribution in [-0.4, -0.2) is 29.9 Å². The lowest BCUT2D eigenvalue weighted by atomic mass is 9.89. The van der Waals surface area contributed by atoms with Crippen molar-refractivity contribution < 1.29 is 8.42 Å². The van der Waals surface area contributed by atoms with E-state index in [0.29, 0.717) is 11.6 Å². The largest absolute Gasteiger partial charge is 0.384 e. The van der Waals surface area contributed by atoms with E-state index < -0.39 is 11.6 Å². The lowest BCUT2D eigenvalue weighted by molar-refractivity contribution is 0.373. The Kier molecular flexibility index (Phi) is 9.03. The van der Waals surface area contributed by atoms with Gasteiger partial charge in [-0.2, -0.15) is 13.7 Å². The molecule has 0 aliphatic heterocycles. The van der Waals surface area contributed by atoms with Crippen molar-refractivity contribution in [2.75, 3.05) is 17.2 Å². The molecule has 8 nitrogen and oxygen atoms in total. The minimum absolute atomic E-state index is 0.290. The van der Waals surface area contributed by atoms with Crippen LogP contribution >= 0.6 is 0 Å². The Hall–Kier alpha value is -3.64.